The van der Waals surface area contributed by atoms with Crippen molar-refractivity contribution in [3.8, 4) is 0 Å². The summed E-state index contributed by atoms with van der Waals surface area (Å²) in [6.45, 7) is 2.55. The van der Waals surface area contributed by atoms with Gasteiger partial charge in [-0.25, -0.2) is 4.98 Å². The number of aromatic nitrogens is 1. The lowest BCUT2D eigenvalue weighted by molar-refractivity contribution is 0.490. The maximum absolute atomic E-state index is 5.45. The summed E-state index contributed by atoms with van der Waals surface area (Å²) < 4.78 is 7.32. The molecular formula is C11H10Br2N2O. The third kappa shape index (κ3) is 2.86. The van der Waals surface area contributed by atoms with Crippen LogP contribution in [0.5, 0.6) is 0 Å². The van der Waals surface area contributed by atoms with Crippen LogP contribution in [0.3, 0.4) is 0 Å². The van der Waals surface area contributed by atoms with Crippen LogP contribution in [0, 0.1) is 6.92 Å². The largest absolute Gasteiger partial charge is 0.465 e. The molecule has 0 saturated heterocycles. The number of pyridine rings is 1. The Morgan fingerprint density at radius 2 is 2.19 bits per heavy atom. The van der Waals surface area contributed by atoms with E-state index in [1.807, 2.05) is 25.1 Å². The van der Waals surface area contributed by atoms with Crippen molar-refractivity contribution in [2.24, 2.45) is 0 Å². The van der Waals surface area contributed by atoms with Crippen LogP contribution in [0.4, 0.5) is 5.82 Å². The maximum atomic E-state index is 5.45. The summed E-state index contributed by atoms with van der Waals surface area (Å²) in [4.78, 5) is 4.25. The van der Waals surface area contributed by atoms with Gasteiger partial charge in [0.1, 0.15) is 17.3 Å². The van der Waals surface area contributed by atoms with E-state index < -0.39 is 0 Å². The van der Waals surface area contributed by atoms with Crippen molar-refractivity contribution >= 4 is 37.7 Å². The minimum atomic E-state index is 0.626. The van der Waals surface area contributed by atoms with Gasteiger partial charge in [-0.2, -0.15) is 0 Å². The third-order valence-electron chi connectivity index (χ3n) is 2.03. The van der Waals surface area contributed by atoms with Crippen molar-refractivity contribution in [3.05, 3.63) is 44.9 Å². The predicted octanol–water partition coefficient (Wildman–Crippen LogP) is 4.12. The summed E-state index contributed by atoms with van der Waals surface area (Å²) in [7, 11) is 0. The molecule has 0 radical (unpaired) electrons. The highest BCUT2D eigenvalue weighted by Crippen LogP contribution is 2.23. The fraction of sp³-hybridized carbons (Fsp3) is 0.182. The number of aryl methyl sites for hydroxylation is 1. The van der Waals surface area contributed by atoms with E-state index in [0.29, 0.717) is 6.54 Å². The Balaban J connectivity index is 2.04. The molecule has 2 rings (SSSR count). The van der Waals surface area contributed by atoms with Gasteiger partial charge in [-0.05, 0) is 57.0 Å². The van der Waals surface area contributed by atoms with E-state index in [1.165, 1.54) is 0 Å². The molecule has 0 atom stereocenters. The number of nitrogens with zero attached hydrogens (tertiary/aromatic N) is 1. The molecule has 0 aliphatic carbocycles. The molecule has 0 bridgehead atoms. The van der Waals surface area contributed by atoms with Crippen molar-refractivity contribution in [1.82, 2.24) is 4.98 Å². The molecule has 2 aromatic heterocycles. The molecule has 0 fully saturated rings. The lowest BCUT2D eigenvalue weighted by Crippen LogP contribution is -2.00. The van der Waals surface area contributed by atoms with Crippen LogP contribution in [0.15, 0.2) is 37.8 Å². The Hall–Kier alpha value is -0.810. The van der Waals surface area contributed by atoms with Crippen molar-refractivity contribution in [3.63, 3.8) is 0 Å². The second-order valence-corrected chi connectivity index (χ2v) is 5.12. The molecule has 2 heterocycles. The molecule has 5 heteroatoms. The lowest BCUT2D eigenvalue weighted by Gasteiger charge is -2.05. The highest BCUT2D eigenvalue weighted by molar-refractivity contribution is 9.11. The molecule has 0 saturated carbocycles. The first-order valence-electron chi connectivity index (χ1n) is 4.75. The number of hydrogen-bond donors (Lipinski definition) is 1. The van der Waals surface area contributed by atoms with Gasteiger partial charge in [-0.15, -0.1) is 0 Å². The number of hydrogen-bond acceptors (Lipinski definition) is 3. The van der Waals surface area contributed by atoms with Gasteiger partial charge in [0.2, 0.25) is 0 Å². The van der Waals surface area contributed by atoms with E-state index in [1.54, 1.807) is 6.20 Å². The Morgan fingerprint density at radius 1 is 1.38 bits per heavy atom. The number of rotatable bonds is 3. The maximum Gasteiger partial charge on any atom is 0.140 e. The highest BCUT2D eigenvalue weighted by atomic mass is 79.9. The number of halogens is 2. The quantitative estimate of drug-likeness (QED) is 0.909. The number of furan rings is 1. The minimum Gasteiger partial charge on any atom is -0.465 e. The molecule has 0 spiro atoms. The molecule has 1 N–H and O–H groups in total. The Morgan fingerprint density at radius 3 is 2.81 bits per heavy atom. The van der Waals surface area contributed by atoms with Crippen LogP contribution in [-0.2, 0) is 6.54 Å². The van der Waals surface area contributed by atoms with Gasteiger partial charge in [0.25, 0.3) is 0 Å². The molecule has 3 nitrogen and oxygen atoms in total. The highest BCUT2D eigenvalue weighted by Gasteiger charge is 2.03. The molecule has 0 aromatic carbocycles. The SMILES string of the molecule is Cc1ccc(CNc2ncc(Br)cc2Br)o1. The summed E-state index contributed by atoms with van der Waals surface area (Å²) >= 11 is 6.80. The lowest BCUT2D eigenvalue weighted by atomic mass is 10.4. The first-order chi connectivity index (χ1) is 7.65. The first-order valence-corrected chi connectivity index (χ1v) is 6.34. The molecule has 2 aromatic rings. The van der Waals surface area contributed by atoms with E-state index in [9.17, 15) is 0 Å². The predicted molar refractivity (Wildman–Crippen MR) is 70.4 cm³/mol. The monoisotopic (exact) mass is 344 g/mol. The molecule has 0 aliphatic rings. The molecule has 0 aliphatic heterocycles. The van der Waals surface area contributed by atoms with E-state index in [0.717, 1.165) is 26.3 Å². The summed E-state index contributed by atoms with van der Waals surface area (Å²) in [6.07, 6.45) is 1.75. The molecule has 0 unspecified atom stereocenters. The van der Waals surface area contributed by atoms with E-state index in [-0.39, 0.29) is 0 Å². The van der Waals surface area contributed by atoms with Gasteiger partial charge in [0, 0.05) is 10.7 Å². The molecule has 0 amide bonds. The van der Waals surface area contributed by atoms with Crippen molar-refractivity contribution in [2.75, 3.05) is 5.32 Å². The second-order valence-electron chi connectivity index (χ2n) is 3.35. The fourth-order valence-electron chi connectivity index (χ4n) is 1.30. The van der Waals surface area contributed by atoms with Gasteiger partial charge in [-0.1, -0.05) is 0 Å². The van der Waals surface area contributed by atoms with Crippen molar-refractivity contribution in [2.45, 2.75) is 13.5 Å². The van der Waals surface area contributed by atoms with Crippen LogP contribution >= 0.6 is 31.9 Å². The number of anilines is 1. The van der Waals surface area contributed by atoms with Crippen LogP contribution < -0.4 is 5.32 Å². The van der Waals surface area contributed by atoms with E-state index >= 15 is 0 Å². The van der Waals surface area contributed by atoms with Crippen molar-refractivity contribution < 1.29 is 4.42 Å². The van der Waals surface area contributed by atoms with Crippen LogP contribution in [-0.4, -0.2) is 4.98 Å². The van der Waals surface area contributed by atoms with Crippen LogP contribution in [0.1, 0.15) is 11.5 Å². The summed E-state index contributed by atoms with van der Waals surface area (Å²) in [6, 6.07) is 5.85. The summed E-state index contributed by atoms with van der Waals surface area (Å²) in [5.41, 5.74) is 0. The van der Waals surface area contributed by atoms with Gasteiger partial charge < -0.3 is 9.73 Å². The Bertz CT molecular complexity index is 496. The smallest absolute Gasteiger partial charge is 0.140 e. The minimum absolute atomic E-state index is 0.626. The molecular weight excluding hydrogens is 336 g/mol. The van der Waals surface area contributed by atoms with Crippen molar-refractivity contribution in [1.29, 1.82) is 0 Å². The summed E-state index contributed by atoms with van der Waals surface area (Å²) in [5, 5.41) is 3.20. The summed E-state index contributed by atoms with van der Waals surface area (Å²) in [5.74, 6) is 2.62. The normalized spacial score (nSPS) is 10.4. The average Bonchev–Trinajstić information content (AvgIpc) is 2.63. The number of nitrogens with one attached hydrogen (secondary N) is 1. The van der Waals surface area contributed by atoms with Gasteiger partial charge in [0.15, 0.2) is 0 Å². The van der Waals surface area contributed by atoms with E-state index in [4.69, 9.17) is 4.42 Å². The zero-order chi connectivity index (χ0) is 11.5. The standard InChI is InChI=1S/C11H10Br2N2O/c1-7-2-3-9(16-7)6-15-11-10(13)4-8(12)5-14-11/h2-5H,6H2,1H3,(H,14,15). The fourth-order valence-corrected chi connectivity index (χ4v) is 2.42. The van der Waals surface area contributed by atoms with Gasteiger partial charge >= 0.3 is 0 Å². The van der Waals surface area contributed by atoms with Gasteiger partial charge in [-0.3, -0.25) is 0 Å². The first kappa shape index (κ1) is 11.7. The Labute approximate surface area is 111 Å². The van der Waals surface area contributed by atoms with E-state index in [2.05, 4.69) is 42.2 Å². The second kappa shape index (κ2) is 5.01. The molecule has 84 valence electrons. The average molecular weight is 346 g/mol. The van der Waals surface area contributed by atoms with Crippen LogP contribution in [0.2, 0.25) is 0 Å². The zero-order valence-electron chi connectivity index (χ0n) is 8.63. The Kier molecular flexibility index (Phi) is 3.66. The van der Waals surface area contributed by atoms with Gasteiger partial charge in [0.05, 0.1) is 11.0 Å². The zero-order valence-corrected chi connectivity index (χ0v) is 11.8. The topological polar surface area (TPSA) is 38.1 Å². The molecule has 16 heavy (non-hydrogen) atoms. The van der Waals surface area contributed by atoms with Crippen LogP contribution in [0.25, 0.3) is 0 Å². The third-order valence-corrected chi connectivity index (χ3v) is 3.07.